The predicted octanol–water partition coefficient (Wildman–Crippen LogP) is 4.03. The van der Waals surface area contributed by atoms with Crippen LogP contribution in [0, 0.1) is 0 Å². The Kier molecular flexibility index (Phi) is 6.77. The first-order valence-electron chi connectivity index (χ1n) is 10.6. The summed E-state index contributed by atoms with van der Waals surface area (Å²) in [6.45, 7) is 7.81. The molecule has 2 aromatic carbocycles. The lowest BCUT2D eigenvalue weighted by Gasteiger charge is -2.38. The minimum Gasteiger partial charge on any atom is -0.492 e. The summed E-state index contributed by atoms with van der Waals surface area (Å²) in [7, 11) is 0. The van der Waals surface area contributed by atoms with Gasteiger partial charge in [-0.15, -0.1) is 0 Å². The largest absolute Gasteiger partial charge is 0.492 e. The highest BCUT2D eigenvalue weighted by atomic mass is 35.5. The molecule has 2 aromatic rings. The van der Waals surface area contributed by atoms with Gasteiger partial charge in [0.15, 0.2) is 0 Å². The Balaban J connectivity index is 1.44. The number of rotatable bonds is 7. The molecule has 7 heteroatoms. The number of ether oxygens (including phenoxy) is 2. The van der Waals surface area contributed by atoms with Gasteiger partial charge in [0.25, 0.3) is 5.91 Å². The second-order valence-corrected chi connectivity index (χ2v) is 8.04. The first-order chi connectivity index (χ1) is 14.7. The molecular weight excluding hydrogens is 402 g/mol. The number of hydrogen-bond acceptors (Lipinski definition) is 5. The second kappa shape index (κ2) is 9.69. The molecule has 2 heterocycles. The van der Waals surface area contributed by atoms with Crippen molar-refractivity contribution in [2.24, 2.45) is 0 Å². The van der Waals surface area contributed by atoms with Crippen molar-refractivity contribution in [3.8, 4) is 5.75 Å². The van der Waals surface area contributed by atoms with Crippen LogP contribution in [0.4, 0.5) is 5.69 Å². The van der Waals surface area contributed by atoms with Gasteiger partial charge in [0.05, 0.1) is 24.5 Å². The van der Waals surface area contributed by atoms with Crippen molar-refractivity contribution in [3.05, 3.63) is 58.6 Å². The molecule has 2 aliphatic rings. The molecule has 30 heavy (non-hydrogen) atoms. The molecule has 0 radical (unpaired) electrons. The molecule has 0 aromatic heterocycles. The summed E-state index contributed by atoms with van der Waals surface area (Å²) in [4.78, 5) is 17.3. The van der Waals surface area contributed by atoms with E-state index in [0.717, 1.165) is 56.3 Å². The van der Waals surface area contributed by atoms with E-state index in [-0.39, 0.29) is 12.1 Å². The first-order valence-corrected chi connectivity index (χ1v) is 10.9. The van der Waals surface area contributed by atoms with Gasteiger partial charge in [0.1, 0.15) is 18.5 Å². The van der Waals surface area contributed by atoms with E-state index in [2.05, 4.69) is 17.1 Å². The van der Waals surface area contributed by atoms with Crippen molar-refractivity contribution < 1.29 is 14.3 Å². The quantitative estimate of drug-likeness (QED) is 0.720. The number of morpholine rings is 1. The van der Waals surface area contributed by atoms with Crippen LogP contribution in [0.25, 0.3) is 0 Å². The Hall–Kier alpha value is -2.28. The molecule has 1 unspecified atom stereocenters. The van der Waals surface area contributed by atoms with Crippen LogP contribution in [0.2, 0.25) is 5.02 Å². The molecule has 1 atom stereocenters. The number of halogens is 1. The number of nitrogens with zero attached hydrogens (tertiary/aromatic N) is 2. The van der Waals surface area contributed by atoms with Gasteiger partial charge in [-0.25, -0.2) is 0 Å². The van der Waals surface area contributed by atoms with Crippen LogP contribution in [0.15, 0.2) is 42.5 Å². The minimum absolute atomic E-state index is 0.0260. The lowest BCUT2D eigenvalue weighted by molar-refractivity contribution is 0.0322. The standard InChI is InChI=1S/C23H28ClN3O3/c1-2-9-27-22(25-21-16-18(24)5-8-20(21)23(27)28)17-3-6-19(7-4-17)30-15-12-26-10-13-29-14-11-26/h3-8,16,22,25H,2,9-15H2,1H3. The summed E-state index contributed by atoms with van der Waals surface area (Å²) in [6.07, 6.45) is 0.654. The molecular formula is C23H28ClN3O3. The molecule has 4 rings (SSSR count). The van der Waals surface area contributed by atoms with Gasteiger partial charge >= 0.3 is 0 Å². The second-order valence-electron chi connectivity index (χ2n) is 7.61. The van der Waals surface area contributed by atoms with E-state index in [1.807, 2.05) is 35.2 Å². The number of carbonyl (C=O) groups excluding carboxylic acids is 1. The van der Waals surface area contributed by atoms with Gasteiger partial charge in [-0.1, -0.05) is 30.7 Å². The highest BCUT2D eigenvalue weighted by Gasteiger charge is 2.32. The highest BCUT2D eigenvalue weighted by molar-refractivity contribution is 6.31. The highest BCUT2D eigenvalue weighted by Crippen LogP contribution is 2.35. The monoisotopic (exact) mass is 429 g/mol. The van der Waals surface area contributed by atoms with E-state index in [0.29, 0.717) is 23.7 Å². The predicted molar refractivity (Wildman–Crippen MR) is 118 cm³/mol. The van der Waals surface area contributed by atoms with E-state index in [4.69, 9.17) is 21.1 Å². The van der Waals surface area contributed by atoms with Crippen molar-refractivity contribution in [1.29, 1.82) is 0 Å². The molecule has 0 saturated carbocycles. The first kappa shape index (κ1) is 21.0. The van der Waals surface area contributed by atoms with Gasteiger partial charge in [-0.2, -0.15) is 0 Å². The Morgan fingerprint density at radius 2 is 1.90 bits per heavy atom. The lowest BCUT2D eigenvalue weighted by atomic mass is 10.0. The molecule has 6 nitrogen and oxygen atoms in total. The molecule has 0 spiro atoms. The maximum absolute atomic E-state index is 13.1. The smallest absolute Gasteiger partial charge is 0.257 e. The van der Waals surface area contributed by atoms with Crippen LogP contribution in [-0.2, 0) is 4.74 Å². The fourth-order valence-electron chi connectivity index (χ4n) is 3.92. The average Bonchev–Trinajstić information content (AvgIpc) is 2.77. The zero-order valence-corrected chi connectivity index (χ0v) is 18.0. The fourth-order valence-corrected chi connectivity index (χ4v) is 4.09. The van der Waals surface area contributed by atoms with Crippen molar-refractivity contribution in [2.45, 2.75) is 19.5 Å². The maximum atomic E-state index is 13.1. The number of amides is 1. The van der Waals surface area contributed by atoms with E-state index >= 15 is 0 Å². The van der Waals surface area contributed by atoms with Crippen LogP contribution in [0.1, 0.15) is 35.4 Å². The van der Waals surface area contributed by atoms with Gasteiger partial charge < -0.3 is 19.7 Å². The zero-order chi connectivity index (χ0) is 20.9. The molecule has 0 bridgehead atoms. The normalized spacial score (nSPS) is 19.3. The Labute approximate surface area is 182 Å². The van der Waals surface area contributed by atoms with Crippen molar-refractivity contribution >= 4 is 23.2 Å². The topological polar surface area (TPSA) is 54.0 Å². The average molecular weight is 430 g/mol. The molecule has 0 aliphatic carbocycles. The number of fused-ring (bicyclic) bond motifs is 1. The van der Waals surface area contributed by atoms with Crippen molar-refractivity contribution in [2.75, 3.05) is 51.3 Å². The Morgan fingerprint density at radius 3 is 2.63 bits per heavy atom. The molecule has 1 amide bonds. The third kappa shape index (κ3) is 4.72. The summed E-state index contributed by atoms with van der Waals surface area (Å²) < 4.78 is 11.3. The Morgan fingerprint density at radius 1 is 1.13 bits per heavy atom. The van der Waals surface area contributed by atoms with E-state index in [9.17, 15) is 4.79 Å². The molecule has 1 N–H and O–H groups in total. The number of benzene rings is 2. The molecule has 2 aliphatic heterocycles. The van der Waals surface area contributed by atoms with Gasteiger partial charge in [-0.05, 0) is 42.3 Å². The maximum Gasteiger partial charge on any atom is 0.257 e. The third-order valence-electron chi connectivity index (χ3n) is 5.52. The van der Waals surface area contributed by atoms with E-state index in [1.54, 1.807) is 12.1 Å². The zero-order valence-electron chi connectivity index (χ0n) is 17.3. The van der Waals surface area contributed by atoms with Crippen LogP contribution >= 0.6 is 11.6 Å². The summed E-state index contributed by atoms with van der Waals surface area (Å²) in [5, 5.41) is 4.10. The van der Waals surface area contributed by atoms with Crippen molar-refractivity contribution in [3.63, 3.8) is 0 Å². The number of anilines is 1. The van der Waals surface area contributed by atoms with Crippen molar-refractivity contribution in [1.82, 2.24) is 9.80 Å². The van der Waals surface area contributed by atoms with Crippen LogP contribution in [0.3, 0.4) is 0 Å². The Bertz CT molecular complexity index is 868. The summed E-state index contributed by atoms with van der Waals surface area (Å²) >= 11 is 6.15. The summed E-state index contributed by atoms with van der Waals surface area (Å²) in [5.74, 6) is 0.859. The SMILES string of the molecule is CCCN1C(=O)c2ccc(Cl)cc2NC1c1ccc(OCCN2CCOCC2)cc1. The van der Waals surface area contributed by atoms with E-state index < -0.39 is 0 Å². The third-order valence-corrected chi connectivity index (χ3v) is 5.75. The van der Waals surface area contributed by atoms with E-state index in [1.165, 1.54) is 0 Å². The fraction of sp³-hybridized carbons (Fsp3) is 0.435. The summed E-state index contributed by atoms with van der Waals surface area (Å²) in [6, 6.07) is 13.3. The van der Waals surface area contributed by atoms with Crippen LogP contribution in [0.5, 0.6) is 5.75 Å². The minimum atomic E-state index is -0.231. The molecule has 1 fully saturated rings. The molecule has 160 valence electrons. The van der Waals surface area contributed by atoms with Crippen LogP contribution < -0.4 is 10.1 Å². The number of hydrogen-bond donors (Lipinski definition) is 1. The van der Waals surface area contributed by atoms with Gasteiger partial charge in [-0.3, -0.25) is 9.69 Å². The number of nitrogens with one attached hydrogen (secondary N) is 1. The lowest BCUT2D eigenvalue weighted by Crippen LogP contribution is -2.43. The number of carbonyl (C=O) groups is 1. The molecule has 1 saturated heterocycles. The van der Waals surface area contributed by atoms with Gasteiger partial charge in [0.2, 0.25) is 0 Å². The van der Waals surface area contributed by atoms with Gasteiger partial charge in [0, 0.05) is 31.2 Å². The van der Waals surface area contributed by atoms with Crippen LogP contribution in [-0.4, -0.2) is 61.7 Å². The summed E-state index contributed by atoms with van der Waals surface area (Å²) in [5.41, 5.74) is 2.45.